The summed E-state index contributed by atoms with van der Waals surface area (Å²) in [5.41, 5.74) is 3.72. The first-order valence-corrected chi connectivity index (χ1v) is 7.56. The first-order valence-electron chi connectivity index (χ1n) is 7.56. The highest BCUT2D eigenvalue weighted by atomic mass is 16.2. The van der Waals surface area contributed by atoms with E-state index in [9.17, 15) is 9.59 Å². The van der Waals surface area contributed by atoms with Gasteiger partial charge in [0.25, 0.3) is 0 Å². The summed E-state index contributed by atoms with van der Waals surface area (Å²) < 4.78 is 0. The minimum atomic E-state index is -0.850. The van der Waals surface area contributed by atoms with Gasteiger partial charge in [0.05, 0.1) is 0 Å². The van der Waals surface area contributed by atoms with E-state index in [0.29, 0.717) is 11.6 Å². The number of carbonyl (C=O) groups is 2. The summed E-state index contributed by atoms with van der Waals surface area (Å²) in [6, 6.07) is 7.74. The van der Waals surface area contributed by atoms with Crippen molar-refractivity contribution >= 4 is 17.5 Å². The molecule has 0 radical (unpaired) electrons. The molecule has 4 N–H and O–H groups in total. The van der Waals surface area contributed by atoms with Crippen molar-refractivity contribution in [2.45, 2.75) is 44.9 Å². The number of nitrogens with one attached hydrogen (secondary N) is 2. The second-order valence-corrected chi connectivity index (χ2v) is 5.68. The molecule has 0 atom stereocenters. The van der Waals surface area contributed by atoms with E-state index in [1.54, 1.807) is 5.43 Å². The monoisotopic (exact) mass is 289 g/mol. The maximum Gasteiger partial charge on any atom is 0.323 e. The fourth-order valence-corrected chi connectivity index (χ4v) is 3.00. The summed E-state index contributed by atoms with van der Waals surface area (Å²) >= 11 is 0. The van der Waals surface area contributed by atoms with Gasteiger partial charge in [0.2, 0.25) is 0 Å². The lowest BCUT2D eigenvalue weighted by molar-refractivity contribution is -0.136. The van der Waals surface area contributed by atoms with Gasteiger partial charge in [0, 0.05) is 5.69 Å². The van der Waals surface area contributed by atoms with Crippen LogP contribution in [0.5, 0.6) is 0 Å². The van der Waals surface area contributed by atoms with Crippen LogP contribution < -0.4 is 16.6 Å². The molecule has 0 spiro atoms. The van der Waals surface area contributed by atoms with E-state index in [1.807, 2.05) is 24.3 Å². The van der Waals surface area contributed by atoms with Crippen molar-refractivity contribution in [3.05, 3.63) is 29.8 Å². The molecule has 0 aliphatic heterocycles. The molecule has 0 unspecified atom stereocenters. The predicted molar refractivity (Wildman–Crippen MR) is 82.4 cm³/mol. The van der Waals surface area contributed by atoms with E-state index in [1.165, 1.54) is 37.7 Å². The smallest absolute Gasteiger partial charge is 0.318 e. The lowest BCUT2D eigenvalue weighted by Gasteiger charge is -2.28. The fourth-order valence-electron chi connectivity index (χ4n) is 3.00. The third-order valence-corrected chi connectivity index (χ3v) is 4.40. The number of hydrazine groups is 1. The lowest BCUT2D eigenvalue weighted by atomic mass is 9.78. The maximum atomic E-state index is 11.4. The summed E-state index contributed by atoms with van der Waals surface area (Å²) in [5, 5.41) is 2.51. The zero-order valence-corrected chi connectivity index (χ0v) is 12.4. The maximum absolute atomic E-state index is 11.4. The average molecular weight is 289 g/mol. The topological polar surface area (TPSA) is 84.2 Å². The Morgan fingerprint density at radius 2 is 1.71 bits per heavy atom. The molecule has 1 aromatic carbocycles. The van der Waals surface area contributed by atoms with Gasteiger partial charge in [-0.25, -0.2) is 5.84 Å². The highest BCUT2D eigenvalue weighted by Crippen LogP contribution is 2.37. The summed E-state index contributed by atoms with van der Waals surface area (Å²) in [7, 11) is 0. The van der Waals surface area contributed by atoms with Crippen molar-refractivity contribution in [1.29, 1.82) is 0 Å². The van der Waals surface area contributed by atoms with Gasteiger partial charge in [-0.2, -0.15) is 0 Å². The normalized spacial score (nSPS) is 21.6. The van der Waals surface area contributed by atoms with E-state index in [2.05, 4.69) is 12.2 Å². The number of hydrogen-bond acceptors (Lipinski definition) is 3. The number of hydrogen-bond donors (Lipinski definition) is 3. The second-order valence-electron chi connectivity index (χ2n) is 5.68. The zero-order chi connectivity index (χ0) is 15.2. The molecule has 2 rings (SSSR count). The third kappa shape index (κ3) is 4.04. The van der Waals surface area contributed by atoms with Crippen LogP contribution in [0.25, 0.3) is 0 Å². The molecule has 1 fully saturated rings. The quantitative estimate of drug-likeness (QED) is 0.345. The number of benzene rings is 1. The van der Waals surface area contributed by atoms with Crippen LogP contribution in [0, 0.1) is 5.92 Å². The average Bonchev–Trinajstić information content (AvgIpc) is 2.55. The van der Waals surface area contributed by atoms with Crippen LogP contribution in [0.1, 0.15) is 50.5 Å². The standard InChI is InChI=1S/C16H23N3O2/c1-2-11-3-5-12(6-4-11)13-7-9-14(10-8-13)18-15(20)16(21)19-17/h7-12H,2-6,17H2,1H3,(H,18,20)(H,19,21). The van der Waals surface area contributed by atoms with Crippen molar-refractivity contribution in [3.63, 3.8) is 0 Å². The van der Waals surface area contributed by atoms with Gasteiger partial charge in [-0.1, -0.05) is 25.5 Å². The molecule has 2 amide bonds. The van der Waals surface area contributed by atoms with Gasteiger partial charge in [-0.15, -0.1) is 0 Å². The first-order chi connectivity index (χ1) is 10.1. The Balaban J connectivity index is 1.93. The minimum Gasteiger partial charge on any atom is -0.318 e. The molecule has 0 saturated heterocycles. The molecule has 1 aromatic rings. The van der Waals surface area contributed by atoms with E-state index >= 15 is 0 Å². The van der Waals surface area contributed by atoms with Crippen molar-refractivity contribution < 1.29 is 9.59 Å². The van der Waals surface area contributed by atoms with E-state index in [4.69, 9.17) is 5.84 Å². The Kier molecular flexibility index (Phi) is 5.33. The highest BCUT2D eigenvalue weighted by molar-refractivity contribution is 6.39. The Bertz CT molecular complexity index is 491. The third-order valence-electron chi connectivity index (χ3n) is 4.40. The second kappa shape index (κ2) is 7.22. The Labute approximate surface area is 125 Å². The molecule has 0 heterocycles. The highest BCUT2D eigenvalue weighted by Gasteiger charge is 2.21. The summed E-state index contributed by atoms with van der Waals surface area (Å²) in [6.07, 6.45) is 6.35. The molecule has 1 aliphatic carbocycles. The van der Waals surface area contributed by atoms with Crippen molar-refractivity contribution in [3.8, 4) is 0 Å². The first kappa shape index (κ1) is 15.5. The Morgan fingerprint density at radius 3 is 2.24 bits per heavy atom. The zero-order valence-electron chi connectivity index (χ0n) is 12.4. The molecule has 0 bridgehead atoms. The summed E-state index contributed by atoms with van der Waals surface area (Å²) in [5.74, 6) is 4.80. The molecule has 5 heteroatoms. The van der Waals surface area contributed by atoms with Crippen LogP contribution in [-0.2, 0) is 9.59 Å². The van der Waals surface area contributed by atoms with Gasteiger partial charge in [0.1, 0.15) is 0 Å². The number of amides is 2. The molecule has 1 saturated carbocycles. The molecule has 0 aromatic heterocycles. The van der Waals surface area contributed by atoms with Crippen LogP contribution in [0.4, 0.5) is 5.69 Å². The van der Waals surface area contributed by atoms with E-state index < -0.39 is 11.8 Å². The van der Waals surface area contributed by atoms with Crippen LogP contribution in [0.3, 0.4) is 0 Å². The molecule has 114 valence electrons. The van der Waals surface area contributed by atoms with E-state index in [-0.39, 0.29) is 0 Å². The van der Waals surface area contributed by atoms with Gasteiger partial charge in [-0.3, -0.25) is 15.0 Å². The van der Waals surface area contributed by atoms with Gasteiger partial charge in [-0.05, 0) is 55.2 Å². The van der Waals surface area contributed by atoms with Crippen molar-refractivity contribution in [2.24, 2.45) is 11.8 Å². The van der Waals surface area contributed by atoms with Crippen LogP contribution in [-0.4, -0.2) is 11.8 Å². The molecule has 5 nitrogen and oxygen atoms in total. The minimum absolute atomic E-state index is 0.606. The molecule has 21 heavy (non-hydrogen) atoms. The Morgan fingerprint density at radius 1 is 1.10 bits per heavy atom. The number of nitrogens with two attached hydrogens (primary N) is 1. The van der Waals surface area contributed by atoms with Crippen LogP contribution in [0.2, 0.25) is 0 Å². The largest absolute Gasteiger partial charge is 0.323 e. The summed E-state index contributed by atoms with van der Waals surface area (Å²) in [4.78, 5) is 22.4. The van der Waals surface area contributed by atoms with Gasteiger partial charge >= 0.3 is 11.8 Å². The molecule has 1 aliphatic rings. The van der Waals surface area contributed by atoms with Crippen LogP contribution >= 0.6 is 0 Å². The predicted octanol–water partition coefficient (Wildman–Crippen LogP) is 2.30. The SMILES string of the molecule is CCC1CCC(c2ccc(NC(=O)C(=O)NN)cc2)CC1. The molecular formula is C16H23N3O2. The van der Waals surface area contributed by atoms with Crippen molar-refractivity contribution in [2.75, 3.05) is 5.32 Å². The number of rotatable bonds is 3. The van der Waals surface area contributed by atoms with Gasteiger partial charge < -0.3 is 5.32 Å². The van der Waals surface area contributed by atoms with Crippen molar-refractivity contribution in [1.82, 2.24) is 5.43 Å². The number of anilines is 1. The number of carbonyl (C=O) groups excluding carboxylic acids is 2. The Hall–Kier alpha value is -1.88. The molecular weight excluding hydrogens is 266 g/mol. The van der Waals surface area contributed by atoms with Crippen LogP contribution in [0.15, 0.2) is 24.3 Å². The van der Waals surface area contributed by atoms with Gasteiger partial charge in [0.15, 0.2) is 0 Å². The van der Waals surface area contributed by atoms with E-state index in [0.717, 1.165) is 5.92 Å². The summed E-state index contributed by atoms with van der Waals surface area (Å²) in [6.45, 7) is 2.26. The lowest BCUT2D eigenvalue weighted by Crippen LogP contribution is -2.39. The fraction of sp³-hybridized carbons (Fsp3) is 0.500.